The Morgan fingerprint density at radius 3 is 2.93 bits per heavy atom. The van der Waals surface area contributed by atoms with Gasteiger partial charge in [0.25, 0.3) is 0 Å². The average Bonchev–Trinajstić information content (AvgIpc) is 3.24. The number of halogens is 2. The lowest BCUT2D eigenvalue weighted by Crippen LogP contribution is -2.54. The van der Waals surface area contributed by atoms with E-state index in [0.29, 0.717) is 16.8 Å². The molecule has 27 heavy (non-hydrogen) atoms. The number of hydrogen-bond donors (Lipinski definition) is 1. The summed E-state index contributed by atoms with van der Waals surface area (Å²) in [6, 6.07) is 6.02. The molecule has 1 aromatic carbocycles. The summed E-state index contributed by atoms with van der Waals surface area (Å²) in [5.41, 5.74) is 8.55. The van der Waals surface area contributed by atoms with E-state index in [-0.39, 0.29) is 31.3 Å². The Kier molecular flexibility index (Phi) is 6.68. The molecule has 2 N–H and O–H groups in total. The van der Waals surface area contributed by atoms with Crippen molar-refractivity contribution in [2.24, 2.45) is 5.73 Å². The van der Waals surface area contributed by atoms with Crippen molar-refractivity contribution in [1.82, 2.24) is 15.2 Å². The van der Waals surface area contributed by atoms with Gasteiger partial charge in [-0.2, -0.15) is 5.26 Å². The normalized spacial score (nSPS) is 20.9. The number of alkyl halides is 1. The molecule has 3 atom stereocenters. The van der Waals surface area contributed by atoms with E-state index in [1.807, 2.05) is 38.1 Å². The van der Waals surface area contributed by atoms with Crippen LogP contribution in [0.1, 0.15) is 25.8 Å². The molecule has 0 spiro atoms. The molecular formula is C17H21ClFN5O2S. The first-order valence-electron chi connectivity index (χ1n) is 8.26. The summed E-state index contributed by atoms with van der Waals surface area (Å²) in [5.74, 6) is 0.231. The molecule has 0 aliphatic carbocycles. The number of carbonyl (C=O) groups is 1. The number of fused-ring (bicyclic) bond motifs is 1. The highest BCUT2D eigenvalue weighted by Crippen LogP contribution is 2.33. The highest BCUT2D eigenvalue weighted by molar-refractivity contribution is 7.99. The van der Waals surface area contributed by atoms with Gasteiger partial charge >= 0.3 is 0 Å². The molecule has 0 unspecified atom stereocenters. The molecule has 10 heteroatoms. The van der Waals surface area contributed by atoms with Gasteiger partial charge in [-0.05, 0) is 41.9 Å². The standard InChI is InChI=1S/C17H20FN5O2S.ClH/c1-17(2,15(20)16(24)23-8-11(18)6-12(23)7-19)26-9-10-3-4-13-14(5-10)22-25-21-13;/h3-5,11-12,15H,6,8-9,20H2,1-2H3;1H/t11-,12-,15+;/m0./s1. The second-order valence-corrected chi connectivity index (χ2v) is 8.56. The summed E-state index contributed by atoms with van der Waals surface area (Å²) in [4.78, 5) is 14.0. The average molecular weight is 414 g/mol. The van der Waals surface area contributed by atoms with Crippen molar-refractivity contribution in [2.75, 3.05) is 6.54 Å². The predicted octanol–water partition coefficient (Wildman–Crippen LogP) is 2.45. The van der Waals surface area contributed by atoms with Crippen LogP contribution in [-0.4, -0.2) is 50.7 Å². The van der Waals surface area contributed by atoms with Crippen molar-refractivity contribution in [3.8, 4) is 6.07 Å². The molecule has 1 aliphatic heterocycles. The largest absolute Gasteiger partial charge is 0.322 e. The van der Waals surface area contributed by atoms with Crippen LogP contribution in [-0.2, 0) is 10.5 Å². The Morgan fingerprint density at radius 1 is 1.52 bits per heavy atom. The number of rotatable bonds is 5. The minimum Gasteiger partial charge on any atom is -0.322 e. The summed E-state index contributed by atoms with van der Waals surface area (Å²) in [6.07, 6.45) is -1.12. The second kappa shape index (κ2) is 8.42. The summed E-state index contributed by atoms with van der Waals surface area (Å²) in [6.45, 7) is 3.68. The number of hydrogen-bond acceptors (Lipinski definition) is 7. The van der Waals surface area contributed by atoms with Crippen LogP contribution in [0.2, 0.25) is 0 Å². The van der Waals surface area contributed by atoms with Crippen molar-refractivity contribution in [3.63, 3.8) is 0 Å². The van der Waals surface area contributed by atoms with E-state index >= 15 is 0 Å². The zero-order valence-electron chi connectivity index (χ0n) is 15.0. The summed E-state index contributed by atoms with van der Waals surface area (Å²) >= 11 is 1.52. The third-order valence-electron chi connectivity index (χ3n) is 4.63. The fourth-order valence-corrected chi connectivity index (χ4v) is 3.90. The maximum atomic E-state index is 13.6. The number of nitrogens with two attached hydrogens (primary N) is 1. The van der Waals surface area contributed by atoms with Crippen LogP contribution in [0.3, 0.4) is 0 Å². The van der Waals surface area contributed by atoms with Crippen LogP contribution in [0.5, 0.6) is 0 Å². The molecule has 146 valence electrons. The quantitative estimate of drug-likeness (QED) is 0.801. The van der Waals surface area contributed by atoms with Crippen molar-refractivity contribution in [2.45, 2.75) is 49.0 Å². The van der Waals surface area contributed by atoms with Gasteiger partial charge in [0, 0.05) is 16.9 Å². The highest BCUT2D eigenvalue weighted by Gasteiger charge is 2.42. The van der Waals surface area contributed by atoms with Crippen LogP contribution < -0.4 is 5.73 Å². The van der Waals surface area contributed by atoms with Crippen LogP contribution in [0, 0.1) is 11.3 Å². The first-order chi connectivity index (χ1) is 12.3. The maximum Gasteiger partial charge on any atom is 0.242 e. The number of nitrogens with zero attached hydrogens (tertiary/aromatic N) is 4. The topological polar surface area (TPSA) is 109 Å². The van der Waals surface area contributed by atoms with Gasteiger partial charge in [0.1, 0.15) is 23.2 Å². The Bertz CT molecular complexity index is 855. The van der Waals surface area contributed by atoms with Crippen LogP contribution >= 0.6 is 24.2 Å². The smallest absolute Gasteiger partial charge is 0.242 e. The maximum absolute atomic E-state index is 13.6. The summed E-state index contributed by atoms with van der Waals surface area (Å²) in [7, 11) is 0. The molecule has 1 amide bonds. The number of likely N-dealkylation sites (tertiary alicyclic amines) is 1. The van der Waals surface area contributed by atoms with Crippen molar-refractivity contribution < 1.29 is 13.8 Å². The van der Waals surface area contributed by atoms with Gasteiger partial charge in [-0.25, -0.2) is 9.02 Å². The fourth-order valence-electron chi connectivity index (χ4n) is 2.90. The molecule has 1 aliphatic rings. The number of benzene rings is 1. The highest BCUT2D eigenvalue weighted by atomic mass is 35.5. The predicted molar refractivity (Wildman–Crippen MR) is 103 cm³/mol. The fraction of sp³-hybridized carbons (Fsp3) is 0.529. The lowest BCUT2D eigenvalue weighted by molar-refractivity contribution is -0.133. The van der Waals surface area contributed by atoms with Gasteiger partial charge in [0.15, 0.2) is 0 Å². The molecular weight excluding hydrogens is 393 g/mol. The summed E-state index contributed by atoms with van der Waals surface area (Å²) in [5, 5.41) is 16.7. The first-order valence-corrected chi connectivity index (χ1v) is 9.25. The van der Waals surface area contributed by atoms with Gasteiger partial charge in [0.05, 0.1) is 18.7 Å². The molecule has 2 heterocycles. The minimum absolute atomic E-state index is 0. The second-order valence-electron chi connectivity index (χ2n) is 6.93. The van der Waals surface area contributed by atoms with Crippen molar-refractivity contribution in [1.29, 1.82) is 5.26 Å². The van der Waals surface area contributed by atoms with Gasteiger partial charge < -0.3 is 10.6 Å². The number of amides is 1. The van der Waals surface area contributed by atoms with E-state index < -0.39 is 23.0 Å². The molecule has 1 saturated heterocycles. The number of thioether (sulfide) groups is 1. The molecule has 7 nitrogen and oxygen atoms in total. The Balaban J connectivity index is 0.00000261. The zero-order valence-corrected chi connectivity index (χ0v) is 16.6. The summed E-state index contributed by atoms with van der Waals surface area (Å²) < 4.78 is 17.7. The van der Waals surface area contributed by atoms with E-state index in [1.54, 1.807) is 0 Å². The molecule has 0 radical (unpaired) electrons. The molecule has 0 saturated carbocycles. The molecule has 3 rings (SSSR count). The molecule has 1 fully saturated rings. The number of aromatic nitrogens is 2. The SMILES string of the molecule is CC(C)(SCc1ccc2nonc2c1)[C@H](N)C(=O)N1C[C@@H](F)C[C@H]1C#N.Cl. The van der Waals surface area contributed by atoms with Gasteiger partial charge in [-0.15, -0.1) is 24.2 Å². The van der Waals surface area contributed by atoms with Crippen molar-refractivity contribution >= 4 is 41.1 Å². The molecule has 1 aromatic heterocycles. The number of nitriles is 1. The van der Waals surface area contributed by atoms with E-state index in [4.69, 9.17) is 11.0 Å². The van der Waals surface area contributed by atoms with E-state index in [1.165, 1.54) is 16.7 Å². The van der Waals surface area contributed by atoms with E-state index in [9.17, 15) is 9.18 Å². The van der Waals surface area contributed by atoms with Gasteiger partial charge in [-0.1, -0.05) is 6.07 Å². The Morgan fingerprint density at radius 2 is 2.22 bits per heavy atom. The zero-order chi connectivity index (χ0) is 18.9. The Hall–Kier alpha value is -1.89. The number of carbonyl (C=O) groups excluding carboxylic acids is 1. The van der Waals surface area contributed by atoms with E-state index in [2.05, 4.69) is 14.9 Å². The van der Waals surface area contributed by atoms with Crippen molar-refractivity contribution in [3.05, 3.63) is 23.8 Å². The van der Waals surface area contributed by atoms with Gasteiger partial charge in [0.2, 0.25) is 5.91 Å². The molecule has 2 aromatic rings. The van der Waals surface area contributed by atoms with E-state index in [0.717, 1.165) is 5.56 Å². The molecule has 0 bridgehead atoms. The third kappa shape index (κ3) is 4.51. The third-order valence-corrected chi connectivity index (χ3v) is 6.10. The van der Waals surface area contributed by atoms with Crippen LogP contribution in [0.25, 0.3) is 11.0 Å². The Labute approximate surface area is 166 Å². The monoisotopic (exact) mass is 413 g/mol. The lowest BCUT2D eigenvalue weighted by Gasteiger charge is -2.33. The minimum atomic E-state index is -1.17. The first kappa shape index (κ1) is 21.4. The van der Waals surface area contributed by atoms with Crippen LogP contribution in [0.4, 0.5) is 4.39 Å². The lowest BCUT2D eigenvalue weighted by atomic mass is 10.0. The van der Waals surface area contributed by atoms with Crippen LogP contribution in [0.15, 0.2) is 22.8 Å². The van der Waals surface area contributed by atoms with Gasteiger partial charge in [-0.3, -0.25) is 4.79 Å².